The summed E-state index contributed by atoms with van der Waals surface area (Å²) in [5.41, 5.74) is 0.335. The van der Waals surface area contributed by atoms with Crippen molar-refractivity contribution in [3.05, 3.63) is 24.4 Å². The summed E-state index contributed by atoms with van der Waals surface area (Å²) in [5.74, 6) is -0.289. The molecule has 3 aromatic rings. The third-order valence-corrected chi connectivity index (χ3v) is 4.37. The SMILES string of the molecule is FC(F)(F)c1nc(NC2CC2)c2ncn(-c3ccnc(NC4CC4)n3)c2n1. The van der Waals surface area contributed by atoms with E-state index in [1.165, 1.54) is 10.9 Å². The minimum atomic E-state index is -4.66. The van der Waals surface area contributed by atoms with Crippen LogP contribution in [0.2, 0.25) is 0 Å². The summed E-state index contributed by atoms with van der Waals surface area (Å²) >= 11 is 0. The second kappa shape index (κ2) is 5.76. The van der Waals surface area contributed by atoms with Crippen molar-refractivity contribution >= 4 is 22.9 Å². The van der Waals surface area contributed by atoms with Gasteiger partial charge in [-0.05, 0) is 31.7 Å². The molecular weight excluding hydrogens is 361 g/mol. The number of aromatic nitrogens is 6. The van der Waals surface area contributed by atoms with Crippen LogP contribution in [-0.4, -0.2) is 41.6 Å². The van der Waals surface area contributed by atoms with Crippen LogP contribution in [0.15, 0.2) is 18.6 Å². The van der Waals surface area contributed by atoms with Crippen LogP contribution in [0.3, 0.4) is 0 Å². The fourth-order valence-electron chi connectivity index (χ4n) is 2.68. The number of hydrogen-bond acceptors (Lipinski definition) is 7. The van der Waals surface area contributed by atoms with Gasteiger partial charge in [0.1, 0.15) is 12.1 Å². The highest BCUT2D eigenvalue weighted by molar-refractivity contribution is 5.84. The van der Waals surface area contributed by atoms with Gasteiger partial charge in [-0.3, -0.25) is 4.57 Å². The number of nitrogens with zero attached hydrogens (tertiary/aromatic N) is 6. The smallest absolute Gasteiger partial charge is 0.365 e. The second-order valence-corrected chi connectivity index (χ2v) is 6.76. The average molecular weight is 376 g/mol. The number of fused-ring (bicyclic) bond motifs is 1. The molecule has 8 nitrogen and oxygen atoms in total. The number of rotatable bonds is 5. The minimum absolute atomic E-state index is 0.0524. The Morgan fingerprint density at radius 2 is 1.70 bits per heavy atom. The number of imidazole rings is 1. The van der Waals surface area contributed by atoms with Gasteiger partial charge in [0.2, 0.25) is 11.8 Å². The van der Waals surface area contributed by atoms with Crippen LogP contribution in [0.25, 0.3) is 17.0 Å². The molecule has 11 heteroatoms. The molecule has 0 aromatic carbocycles. The summed E-state index contributed by atoms with van der Waals surface area (Å²) in [6.07, 6.45) is 2.20. The monoisotopic (exact) mass is 376 g/mol. The van der Waals surface area contributed by atoms with Crippen LogP contribution in [0.5, 0.6) is 0 Å². The van der Waals surface area contributed by atoms with E-state index in [0.29, 0.717) is 17.8 Å². The summed E-state index contributed by atoms with van der Waals surface area (Å²) < 4.78 is 41.3. The normalized spacial score (nSPS) is 17.3. The van der Waals surface area contributed by atoms with E-state index in [0.717, 1.165) is 25.7 Å². The second-order valence-electron chi connectivity index (χ2n) is 6.76. The van der Waals surface area contributed by atoms with E-state index in [9.17, 15) is 13.2 Å². The third-order valence-electron chi connectivity index (χ3n) is 4.37. The molecule has 0 amide bonds. The predicted molar refractivity (Wildman–Crippen MR) is 90.5 cm³/mol. The molecule has 140 valence electrons. The van der Waals surface area contributed by atoms with Gasteiger partial charge in [0.15, 0.2) is 17.0 Å². The quantitative estimate of drug-likeness (QED) is 0.707. The van der Waals surface area contributed by atoms with Gasteiger partial charge in [-0.15, -0.1) is 0 Å². The first-order chi connectivity index (χ1) is 13.0. The molecule has 2 aliphatic carbocycles. The van der Waals surface area contributed by atoms with Crippen LogP contribution in [0, 0.1) is 0 Å². The first kappa shape index (κ1) is 16.2. The summed E-state index contributed by atoms with van der Waals surface area (Å²) in [5, 5.41) is 6.18. The van der Waals surface area contributed by atoms with E-state index >= 15 is 0 Å². The molecule has 0 aliphatic heterocycles. The molecule has 3 aromatic heterocycles. The molecule has 27 heavy (non-hydrogen) atoms. The number of nitrogens with one attached hydrogen (secondary N) is 2. The van der Waals surface area contributed by atoms with Gasteiger partial charge in [-0.25, -0.2) is 19.9 Å². The van der Waals surface area contributed by atoms with E-state index in [1.54, 1.807) is 12.3 Å². The molecule has 2 saturated carbocycles. The fraction of sp³-hybridized carbons (Fsp3) is 0.438. The molecule has 0 saturated heterocycles. The summed E-state index contributed by atoms with van der Waals surface area (Å²) in [6, 6.07) is 2.08. The molecule has 2 fully saturated rings. The lowest BCUT2D eigenvalue weighted by atomic mass is 10.4. The van der Waals surface area contributed by atoms with E-state index in [-0.39, 0.29) is 23.0 Å². The van der Waals surface area contributed by atoms with Crippen molar-refractivity contribution in [3.8, 4) is 5.82 Å². The molecule has 0 spiro atoms. The Balaban J connectivity index is 1.62. The van der Waals surface area contributed by atoms with E-state index in [1.807, 2.05) is 0 Å². The molecule has 0 bridgehead atoms. The molecule has 0 radical (unpaired) electrons. The molecule has 3 heterocycles. The standard InChI is InChI=1S/C16H15F3N8/c17-16(18,19)14-25-12(22-8-1-2-8)11-13(26-14)27(7-21-11)10-5-6-20-15(24-10)23-9-3-4-9/h5-9H,1-4H2,(H,20,23,24)(H,22,25,26). The summed E-state index contributed by atoms with van der Waals surface area (Å²) in [7, 11) is 0. The Hall–Kier alpha value is -2.98. The Labute approximate surface area is 151 Å². The Morgan fingerprint density at radius 1 is 0.963 bits per heavy atom. The molecule has 0 atom stereocenters. The fourth-order valence-corrected chi connectivity index (χ4v) is 2.68. The minimum Gasteiger partial charge on any atom is -0.365 e. The highest BCUT2D eigenvalue weighted by Crippen LogP contribution is 2.33. The van der Waals surface area contributed by atoms with Gasteiger partial charge >= 0.3 is 6.18 Å². The highest BCUT2D eigenvalue weighted by Gasteiger charge is 2.37. The average Bonchev–Trinajstić information content (AvgIpc) is 3.55. The molecule has 2 aliphatic rings. The lowest BCUT2D eigenvalue weighted by Gasteiger charge is -2.11. The predicted octanol–water partition coefficient (Wildman–Crippen LogP) is 2.77. The van der Waals surface area contributed by atoms with Gasteiger partial charge in [-0.1, -0.05) is 0 Å². The molecule has 2 N–H and O–H groups in total. The van der Waals surface area contributed by atoms with Crippen molar-refractivity contribution in [2.24, 2.45) is 0 Å². The Kier molecular flexibility index (Phi) is 3.46. The van der Waals surface area contributed by atoms with Crippen molar-refractivity contribution in [1.29, 1.82) is 0 Å². The van der Waals surface area contributed by atoms with Crippen LogP contribution in [0.1, 0.15) is 31.5 Å². The van der Waals surface area contributed by atoms with Crippen LogP contribution < -0.4 is 10.6 Å². The summed E-state index contributed by atoms with van der Waals surface area (Å²) in [4.78, 5) is 20.1. The number of anilines is 2. The number of hydrogen-bond donors (Lipinski definition) is 2. The lowest BCUT2D eigenvalue weighted by Crippen LogP contribution is -2.15. The van der Waals surface area contributed by atoms with Gasteiger partial charge < -0.3 is 10.6 Å². The maximum Gasteiger partial charge on any atom is 0.451 e. The molecular formula is C16H15F3N8. The van der Waals surface area contributed by atoms with E-state index in [2.05, 4.69) is 35.6 Å². The summed E-state index contributed by atoms with van der Waals surface area (Å²) in [6.45, 7) is 0. The van der Waals surface area contributed by atoms with Gasteiger partial charge in [0.05, 0.1) is 0 Å². The zero-order valence-corrected chi connectivity index (χ0v) is 14.0. The lowest BCUT2D eigenvalue weighted by molar-refractivity contribution is -0.144. The van der Waals surface area contributed by atoms with Crippen molar-refractivity contribution in [2.75, 3.05) is 10.6 Å². The van der Waals surface area contributed by atoms with Crippen molar-refractivity contribution in [2.45, 2.75) is 43.9 Å². The Bertz CT molecular complexity index is 1010. The first-order valence-corrected chi connectivity index (χ1v) is 8.66. The van der Waals surface area contributed by atoms with Crippen molar-refractivity contribution < 1.29 is 13.2 Å². The maximum atomic E-state index is 13.3. The van der Waals surface area contributed by atoms with Crippen molar-refractivity contribution in [3.63, 3.8) is 0 Å². The van der Waals surface area contributed by atoms with E-state index < -0.39 is 12.0 Å². The van der Waals surface area contributed by atoms with Crippen LogP contribution >= 0.6 is 0 Å². The highest BCUT2D eigenvalue weighted by atomic mass is 19.4. The van der Waals surface area contributed by atoms with E-state index in [4.69, 9.17) is 0 Å². The van der Waals surface area contributed by atoms with Crippen LogP contribution in [0.4, 0.5) is 24.9 Å². The van der Waals surface area contributed by atoms with Gasteiger partial charge in [0.25, 0.3) is 0 Å². The maximum absolute atomic E-state index is 13.3. The molecule has 0 unspecified atom stereocenters. The van der Waals surface area contributed by atoms with Crippen molar-refractivity contribution in [1.82, 2.24) is 29.5 Å². The molecule has 5 rings (SSSR count). The zero-order valence-electron chi connectivity index (χ0n) is 14.0. The van der Waals surface area contributed by atoms with Gasteiger partial charge in [0, 0.05) is 18.3 Å². The zero-order chi connectivity index (χ0) is 18.6. The third kappa shape index (κ3) is 3.24. The number of alkyl halides is 3. The Morgan fingerprint density at radius 3 is 2.41 bits per heavy atom. The van der Waals surface area contributed by atoms with Crippen LogP contribution in [-0.2, 0) is 6.18 Å². The number of halogens is 3. The van der Waals surface area contributed by atoms with Gasteiger partial charge in [-0.2, -0.15) is 18.2 Å². The first-order valence-electron chi connectivity index (χ1n) is 8.66. The largest absolute Gasteiger partial charge is 0.451 e. The topological polar surface area (TPSA) is 93.4 Å².